The lowest BCUT2D eigenvalue weighted by Crippen LogP contribution is -2.46. The van der Waals surface area contributed by atoms with E-state index in [4.69, 9.17) is 0 Å². The van der Waals surface area contributed by atoms with Crippen LogP contribution in [0.5, 0.6) is 0 Å². The van der Waals surface area contributed by atoms with Crippen LogP contribution in [0, 0.1) is 6.92 Å². The van der Waals surface area contributed by atoms with E-state index < -0.39 is 10.0 Å². The van der Waals surface area contributed by atoms with Crippen molar-refractivity contribution in [3.63, 3.8) is 0 Å². The number of nitrogens with zero attached hydrogens (tertiary/aromatic N) is 2. The molecule has 0 N–H and O–H groups in total. The van der Waals surface area contributed by atoms with Crippen LogP contribution in [0.3, 0.4) is 0 Å². The first-order valence-corrected chi connectivity index (χ1v) is 10.0. The van der Waals surface area contributed by atoms with Gasteiger partial charge in [-0.3, -0.25) is 4.79 Å². The number of carbonyl (C=O) groups excluding carboxylic acids is 1. The first-order valence-electron chi connectivity index (χ1n) is 8.16. The molecule has 5 nitrogen and oxygen atoms in total. The number of aryl methyl sites for hydroxylation is 1. The summed E-state index contributed by atoms with van der Waals surface area (Å²) in [5.74, 6) is -0.171. The molecule has 0 radical (unpaired) electrons. The first kappa shape index (κ1) is 17.9. The molecular formula is C17H26N2O3S. The summed E-state index contributed by atoms with van der Waals surface area (Å²) in [5, 5.41) is 0. The first-order chi connectivity index (χ1) is 10.8. The van der Waals surface area contributed by atoms with Crippen LogP contribution in [0.25, 0.3) is 0 Å². The smallest absolute Gasteiger partial charge is 0.242 e. The van der Waals surface area contributed by atoms with Gasteiger partial charge >= 0.3 is 0 Å². The largest absolute Gasteiger partial charge is 0.312 e. The van der Waals surface area contributed by atoms with Crippen molar-refractivity contribution in [2.24, 2.45) is 0 Å². The van der Waals surface area contributed by atoms with E-state index in [1.165, 1.54) is 10.6 Å². The lowest BCUT2D eigenvalue weighted by atomic mass is 10.2. The third-order valence-corrected chi connectivity index (χ3v) is 5.66. The van der Waals surface area contributed by atoms with Gasteiger partial charge in [0.2, 0.25) is 15.9 Å². The zero-order chi connectivity index (χ0) is 17.0. The van der Waals surface area contributed by atoms with Gasteiger partial charge in [0.1, 0.15) is 0 Å². The molecular weight excluding hydrogens is 312 g/mol. The van der Waals surface area contributed by atoms with Crippen LogP contribution in [-0.4, -0.2) is 44.0 Å². The minimum atomic E-state index is -3.39. The molecule has 1 aromatic rings. The fourth-order valence-electron chi connectivity index (χ4n) is 3.23. The highest BCUT2D eigenvalue weighted by Crippen LogP contribution is 2.26. The van der Waals surface area contributed by atoms with Crippen molar-refractivity contribution in [3.8, 4) is 0 Å². The van der Waals surface area contributed by atoms with Crippen LogP contribution in [0.4, 0.5) is 5.69 Å². The van der Waals surface area contributed by atoms with E-state index in [9.17, 15) is 13.2 Å². The van der Waals surface area contributed by atoms with Gasteiger partial charge < -0.3 is 4.90 Å². The summed E-state index contributed by atoms with van der Waals surface area (Å²) in [5.41, 5.74) is 1.89. The number of anilines is 1. The van der Waals surface area contributed by atoms with Gasteiger partial charge in [-0.15, -0.1) is 0 Å². The molecule has 6 heteroatoms. The molecule has 23 heavy (non-hydrogen) atoms. The van der Waals surface area contributed by atoms with Crippen molar-refractivity contribution < 1.29 is 13.2 Å². The molecule has 0 unspecified atom stereocenters. The zero-order valence-corrected chi connectivity index (χ0v) is 15.0. The number of sulfonamides is 1. The van der Waals surface area contributed by atoms with E-state index in [0.29, 0.717) is 6.54 Å². The molecule has 0 heterocycles. The Bertz CT molecular complexity index is 652. The molecule has 0 aromatic heterocycles. The Morgan fingerprint density at radius 3 is 2.43 bits per heavy atom. The standard InChI is InChI=1S/C17H26N2O3S/c1-4-18(16-11-7-8-14(2)12-16)17(20)13-19(23(3,21)22)15-9-5-6-10-15/h7-8,11-12,15H,4-6,9-10,13H2,1-3H3. The monoisotopic (exact) mass is 338 g/mol. The Morgan fingerprint density at radius 2 is 1.91 bits per heavy atom. The number of carbonyl (C=O) groups is 1. The molecule has 0 bridgehead atoms. The van der Waals surface area contributed by atoms with Crippen molar-refractivity contribution >= 4 is 21.6 Å². The Labute approximate surface area is 139 Å². The third-order valence-electron chi connectivity index (χ3n) is 4.38. The van der Waals surface area contributed by atoms with Gasteiger partial charge in [0.25, 0.3) is 0 Å². The molecule has 1 aliphatic carbocycles. The number of hydrogen-bond donors (Lipinski definition) is 0. The molecule has 128 valence electrons. The van der Waals surface area contributed by atoms with Crippen LogP contribution in [-0.2, 0) is 14.8 Å². The summed E-state index contributed by atoms with van der Waals surface area (Å²) in [6, 6.07) is 7.68. The molecule has 0 atom stereocenters. The fourth-order valence-corrected chi connectivity index (χ4v) is 4.32. The van der Waals surface area contributed by atoms with Crippen molar-refractivity contribution in [2.45, 2.75) is 45.6 Å². The van der Waals surface area contributed by atoms with Crippen LogP contribution in [0.15, 0.2) is 24.3 Å². The highest BCUT2D eigenvalue weighted by molar-refractivity contribution is 7.88. The fraction of sp³-hybridized carbons (Fsp3) is 0.588. The molecule has 0 saturated heterocycles. The molecule has 1 amide bonds. The predicted molar refractivity (Wildman–Crippen MR) is 93.0 cm³/mol. The van der Waals surface area contributed by atoms with Crippen molar-refractivity contribution in [1.82, 2.24) is 4.31 Å². The number of likely N-dealkylation sites (N-methyl/N-ethyl adjacent to an activating group) is 1. The van der Waals surface area contributed by atoms with Crippen molar-refractivity contribution in [1.29, 1.82) is 0 Å². The lowest BCUT2D eigenvalue weighted by Gasteiger charge is -2.29. The SMILES string of the molecule is CCN(C(=O)CN(C1CCCC1)S(C)(=O)=O)c1cccc(C)c1. The highest BCUT2D eigenvalue weighted by Gasteiger charge is 2.32. The maximum absolute atomic E-state index is 12.7. The molecule has 2 rings (SSSR count). The average molecular weight is 338 g/mol. The van der Waals surface area contributed by atoms with Gasteiger partial charge in [0.05, 0.1) is 12.8 Å². The topological polar surface area (TPSA) is 57.7 Å². The van der Waals surface area contributed by atoms with Crippen molar-refractivity contribution in [3.05, 3.63) is 29.8 Å². The van der Waals surface area contributed by atoms with Crippen LogP contribution in [0.1, 0.15) is 38.2 Å². The Balaban J connectivity index is 2.19. The molecule has 0 aliphatic heterocycles. The van der Waals surface area contributed by atoms with Gasteiger partial charge in [-0.05, 0) is 44.4 Å². The van der Waals surface area contributed by atoms with Gasteiger partial charge in [0, 0.05) is 18.3 Å². The van der Waals surface area contributed by atoms with Gasteiger partial charge in [0.15, 0.2) is 0 Å². The van der Waals surface area contributed by atoms with Crippen molar-refractivity contribution in [2.75, 3.05) is 24.2 Å². The van der Waals surface area contributed by atoms with Gasteiger partial charge in [-0.2, -0.15) is 4.31 Å². The van der Waals surface area contributed by atoms with Crippen LogP contribution >= 0.6 is 0 Å². The highest BCUT2D eigenvalue weighted by atomic mass is 32.2. The van der Waals surface area contributed by atoms with E-state index in [1.807, 2.05) is 38.1 Å². The second kappa shape index (κ2) is 7.45. The number of benzene rings is 1. The van der Waals surface area contributed by atoms with E-state index >= 15 is 0 Å². The summed E-state index contributed by atoms with van der Waals surface area (Å²) < 4.78 is 25.6. The minimum absolute atomic E-state index is 0.0369. The molecule has 0 spiro atoms. The second-order valence-electron chi connectivity index (χ2n) is 6.22. The van der Waals surface area contributed by atoms with E-state index in [2.05, 4.69) is 0 Å². The predicted octanol–water partition coefficient (Wildman–Crippen LogP) is 2.55. The van der Waals surface area contributed by atoms with E-state index in [0.717, 1.165) is 36.9 Å². The summed E-state index contributed by atoms with van der Waals surface area (Å²) in [4.78, 5) is 14.4. The Hall–Kier alpha value is -1.40. The molecule has 1 fully saturated rings. The summed E-state index contributed by atoms with van der Waals surface area (Å²) in [6.45, 7) is 4.32. The maximum Gasteiger partial charge on any atom is 0.242 e. The minimum Gasteiger partial charge on any atom is -0.312 e. The Kier molecular flexibility index (Phi) is 5.81. The second-order valence-corrected chi connectivity index (χ2v) is 8.16. The third kappa shape index (κ3) is 4.54. The molecule has 1 saturated carbocycles. The maximum atomic E-state index is 12.7. The van der Waals surface area contributed by atoms with Gasteiger partial charge in [-0.25, -0.2) is 8.42 Å². The molecule has 1 aromatic carbocycles. The van der Waals surface area contributed by atoms with Crippen LogP contribution in [0.2, 0.25) is 0 Å². The number of hydrogen-bond acceptors (Lipinski definition) is 3. The van der Waals surface area contributed by atoms with E-state index in [-0.39, 0.29) is 18.5 Å². The lowest BCUT2D eigenvalue weighted by molar-refractivity contribution is -0.119. The summed E-state index contributed by atoms with van der Waals surface area (Å²) in [6.07, 6.45) is 4.94. The Morgan fingerprint density at radius 1 is 1.26 bits per heavy atom. The zero-order valence-electron chi connectivity index (χ0n) is 14.2. The van der Waals surface area contributed by atoms with Crippen LogP contribution < -0.4 is 4.90 Å². The summed E-state index contributed by atoms with van der Waals surface area (Å²) in [7, 11) is -3.39. The number of amides is 1. The normalized spacial score (nSPS) is 16.0. The van der Waals surface area contributed by atoms with Gasteiger partial charge in [-0.1, -0.05) is 25.0 Å². The quantitative estimate of drug-likeness (QED) is 0.801. The van der Waals surface area contributed by atoms with E-state index in [1.54, 1.807) is 4.90 Å². The molecule has 1 aliphatic rings. The number of rotatable bonds is 6. The average Bonchev–Trinajstić information content (AvgIpc) is 2.98. The summed E-state index contributed by atoms with van der Waals surface area (Å²) >= 11 is 0.